The maximum absolute atomic E-state index is 11.0. The van der Waals surface area contributed by atoms with Crippen LogP contribution in [-0.4, -0.2) is 18.2 Å². The van der Waals surface area contributed by atoms with E-state index in [1.807, 2.05) is 31.2 Å². The van der Waals surface area contributed by atoms with E-state index in [-0.39, 0.29) is 11.6 Å². The van der Waals surface area contributed by atoms with Crippen molar-refractivity contribution in [2.45, 2.75) is 19.5 Å². The monoisotopic (exact) mass is 275 g/mol. The summed E-state index contributed by atoms with van der Waals surface area (Å²) in [4.78, 5) is 11.0. The van der Waals surface area contributed by atoms with E-state index in [9.17, 15) is 4.79 Å². The lowest BCUT2D eigenvalue weighted by Gasteiger charge is -2.14. The number of ether oxygens (including phenoxy) is 1. The van der Waals surface area contributed by atoms with Gasteiger partial charge in [-0.1, -0.05) is 12.1 Å². The number of carbonyl (C=O) groups is 1. The SMILES string of the molecule is COc1cccc([C@H](C)NCc2occc2C(=O)O)c1. The highest BCUT2D eigenvalue weighted by molar-refractivity contribution is 5.88. The van der Waals surface area contributed by atoms with E-state index in [4.69, 9.17) is 14.3 Å². The molecule has 2 rings (SSSR count). The van der Waals surface area contributed by atoms with E-state index in [2.05, 4.69) is 5.32 Å². The molecular weight excluding hydrogens is 258 g/mol. The fourth-order valence-electron chi connectivity index (χ4n) is 1.94. The van der Waals surface area contributed by atoms with Crippen molar-refractivity contribution in [2.24, 2.45) is 0 Å². The van der Waals surface area contributed by atoms with Gasteiger partial charge in [0.1, 0.15) is 17.1 Å². The molecule has 0 bridgehead atoms. The van der Waals surface area contributed by atoms with Crippen molar-refractivity contribution in [3.8, 4) is 5.75 Å². The molecule has 5 heteroatoms. The molecule has 106 valence electrons. The average molecular weight is 275 g/mol. The summed E-state index contributed by atoms with van der Waals surface area (Å²) >= 11 is 0. The number of carboxylic acids is 1. The molecule has 0 aliphatic heterocycles. The van der Waals surface area contributed by atoms with Gasteiger partial charge in [0, 0.05) is 6.04 Å². The van der Waals surface area contributed by atoms with Crippen LogP contribution in [0.4, 0.5) is 0 Å². The first-order chi connectivity index (χ1) is 9.61. The van der Waals surface area contributed by atoms with Gasteiger partial charge >= 0.3 is 5.97 Å². The summed E-state index contributed by atoms with van der Waals surface area (Å²) in [5, 5.41) is 12.2. The summed E-state index contributed by atoms with van der Waals surface area (Å²) < 4.78 is 10.4. The van der Waals surface area contributed by atoms with E-state index in [1.165, 1.54) is 12.3 Å². The lowest BCUT2D eigenvalue weighted by Crippen LogP contribution is -2.19. The second-order valence-electron chi connectivity index (χ2n) is 4.44. The van der Waals surface area contributed by atoms with Gasteiger partial charge in [0.2, 0.25) is 0 Å². The minimum Gasteiger partial charge on any atom is -0.497 e. The van der Waals surface area contributed by atoms with Gasteiger partial charge in [-0.05, 0) is 30.7 Å². The first kappa shape index (κ1) is 14.1. The molecule has 0 aliphatic rings. The topological polar surface area (TPSA) is 71.7 Å². The number of benzene rings is 1. The molecule has 20 heavy (non-hydrogen) atoms. The van der Waals surface area contributed by atoms with Crippen LogP contribution in [0.5, 0.6) is 5.75 Å². The lowest BCUT2D eigenvalue weighted by molar-refractivity contribution is 0.0694. The number of carboxylic acid groups (broad SMARTS) is 1. The van der Waals surface area contributed by atoms with Gasteiger partial charge in [0.05, 0.1) is 19.9 Å². The summed E-state index contributed by atoms with van der Waals surface area (Å²) in [7, 11) is 1.62. The van der Waals surface area contributed by atoms with Crippen molar-refractivity contribution >= 4 is 5.97 Å². The number of nitrogens with one attached hydrogen (secondary N) is 1. The largest absolute Gasteiger partial charge is 0.497 e. The average Bonchev–Trinajstić information content (AvgIpc) is 2.93. The number of aromatic carboxylic acids is 1. The number of furan rings is 1. The first-order valence-electron chi connectivity index (χ1n) is 6.29. The third-order valence-corrected chi connectivity index (χ3v) is 3.14. The van der Waals surface area contributed by atoms with Crippen molar-refractivity contribution in [1.82, 2.24) is 5.32 Å². The predicted octanol–water partition coefficient (Wildman–Crippen LogP) is 2.84. The van der Waals surface area contributed by atoms with Gasteiger partial charge in [-0.15, -0.1) is 0 Å². The van der Waals surface area contributed by atoms with E-state index in [0.717, 1.165) is 11.3 Å². The predicted molar refractivity (Wildman–Crippen MR) is 73.9 cm³/mol. The van der Waals surface area contributed by atoms with E-state index in [0.29, 0.717) is 12.3 Å². The second-order valence-corrected chi connectivity index (χ2v) is 4.44. The molecule has 0 saturated carbocycles. The van der Waals surface area contributed by atoms with Crippen molar-refractivity contribution in [3.05, 3.63) is 53.5 Å². The Balaban J connectivity index is 2.02. The Labute approximate surface area is 117 Å². The Kier molecular flexibility index (Phi) is 4.42. The molecule has 5 nitrogen and oxygen atoms in total. The van der Waals surface area contributed by atoms with Crippen molar-refractivity contribution in [3.63, 3.8) is 0 Å². The number of rotatable bonds is 6. The normalized spacial score (nSPS) is 12.1. The van der Waals surface area contributed by atoms with Gasteiger partial charge in [-0.2, -0.15) is 0 Å². The van der Waals surface area contributed by atoms with Crippen LogP contribution in [0.25, 0.3) is 0 Å². The van der Waals surface area contributed by atoms with E-state index in [1.54, 1.807) is 7.11 Å². The highest BCUT2D eigenvalue weighted by Gasteiger charge is 2.14. The highest BCUT2D eigenvalue weighted by Crippen LogP contribution is 2.19. The zero-order chi connectivity index (χ0) is 14.5. The Hall–Kier alpha value is -2.27. The maximum atomic E-state index is 11.0. The van der Waals surface area contributed by atoms with Crippen molar-refractivity contribution in [2.75, 3.05) is 7.11 Å². The standard InChI is InChI=1S/C15H17NO4/c1-10(11-4-3-5-12(8-11)19-2)16-9-14-13(15(17)18)6-7-20-14/h3-8,10,16H,9H2,1-2H3,(H,17,18)/t10-/m0/s1. The van der Waals surface area contributed by atoms with Gasteiger partial charge in [0.25, 0.3) is 0 Å². The Morgan fingerprint density at radius 2 is 2.25 bits per heavy atom. The van der Waals surface area contributed by atoms with Crippen LogP contribution in [-0.2, 0) is 6.54 Å². The molecule has 0 saturated heterocycles. The van der Waals surface area contributed by atoms with Crippen molar-refractivity contribution in [1.29, 1.82) is 0 Å². The number of methoxy groups -OCH3 is 1. The third-order valence-electron chi connectivity index (χ3n) is 3.14. The molecule has 0 radical (unpaired) electrons. The fourth-order valence-corrected chi connectivity index (χ4v) is 1.94. The number of hydrogen-bond donors (Lipinski definition) is 2. The maximum Gasteiger partial charge on any atom is 0.339 e. The highest BCUT2D eigenvalue weighted by atomic mass is 16.5. The molecule has 0 amide bonds. The van der Waals surface area contributed by atoms with E-state index < -0.39 is 5.97 Å². The molecule has 1 aromatic carbocycles. The zero-order valence-electron chi connectivity index (χ0n) is 11.4. The van der Waals surface area contributed by atoms with Crippen LogP contribution in [0.1, 0.15) is 34.6 Å². The molecular formula is C15H17NO4. The zero-order valence-corrected chi connectivity index (χ0v) is 11.4. The van der Waals surface area contributed by atoms with Crippen LogP contribution in [0.2, 0.25) is 0 Å². The molecule has 0 spiro atoms. The molecule has 1 atom stereocenters. The first-order valence-corrected chi connectivity index (χ1v) is 6.29. The molecule has 2 N–H and O–H groups in total. The molecule has 0 unspecified atom stereocenters. The van der Waals surface area contributed by atoms with Crippen LogP contribution in [0.3, 0.4) is 0 Å². The summed E-state index contributed by atoms with van der Waals surface area (Å²) in [6.07, 6.45) is 1.39. The summed E-state index contributed by atoms with van der Waals surface area (Å²) in [5.74, 6) is 0.234. The van der Waals surface area contributed by atoms with Gasteiger partial charge in [-0.25, -0.2) is 4.79 Å². The molecule has 1 aromatic heterocycles. The van der Waals surface area contributed by atoms with Crippen molar-refractivity contribution < 1.29 is 19.1 Å². The minimum absolute atomic E-state index is 0.0526. The third kappa shape index (κ3) is 3.19. The molecule has 0 fully saturated rings. The molecule has 1 heterocycles. The fraction of sp³-hybridized carbons (Fsp3) is 0.267. The van der Waals surface area contributed by atoms with Gasteiger partial charge < -0.3 is 19.6 Å². The molecule has 2 aromatic rings. The Morgan fingerprint density at radius 3 is 2.95 bits per heavy atom. The lowest BCUT2D eigenvalue weighted by atomic mass is 10.1. The second kappa shape index (κ2) is 6.25. The van der Waals surface area contributed by atoms with Crippen LogP contribution in [0, 0.1) is 0 Å². The smallest absolute Gasteiger partial charge is 0.339 e. The van der Waals surface area contributed by atoms with Crippen LogP contribution in [0.15, 0.2) is 41.0 Å². The Bertz CT molecular complexity index is 591. The van der Waals surface area contributed by atoms with Gasteiger partial charge in [-0.3, -0.25) is 0 Å². The summed E-state index contributed by atoms with van der Waals surface area (Å²) in [6, 6.07) is 9.23. The quantitative estimate of drug-likeness (QED) is 0.848. The summed E-state index contributed by atoms with van der Waals surface area (Å²) in [6.45, 7) is 2.35. The Morgan fingerprint density at radius 1 is 1.45 bits per heavy atom. The minimum atomic E-state index is -0.982. The summed E-state index contributed by atoms with van der Waals surface area (Å²) in [5.41, 5.74) is 1.25. The molecule has 0 aliphatic carbocycles. The van der Waals surface area contributed by atoms with E-state index >= 15 is 0 Å². The van der Waals surface area contributed by atoms with Gasteiger partial charge in [0.15, 0.2) is 0 Å². The number of hydrogen-bond acceptors (Lipinski definition) is 4. The van der Waals surface area contributed by atoms with Crippen LogP contribution < -0.4 is 10.1 Å². The van der Waals surface area contributed by atoms with Crippen LogP contribution >= 0.6 is 0 Å².